The fraction of sp³-hybridized carbons (Fsp3) is 0.312. The Hall–Kier alpha value is -1.15. The van der Waals surface area contributed by atoms with Gasteiger partial charge in [-0.25, -0.2) is 0 Å². The quantitative estimate of drug-likeness (QED) is 0.716. The average molecular weight is 302 g/mol. The minimum atomic E-state index is 0.739. The summed E-state index contributed by atoms with van der Waals surface area (Å²) >= 11 is 3.53. The van der Waals surface area contributed by atoms with E-state index >= 15 is 0 Å². The van der Waals surface area contributed by atoms with Gasteiger partial charge >= 0.3 is 0 Å². The molecule has 0 unspecified atom stereocenters. The Bertz CT molecular complexity index is 616. The monoisotopic (exact) mass is 301 g/mol. The molecule has 1 heterocycles. The van der Waals surface area contributed by atoms with Gasteiger partial charge < -0.3 is 0 Å². The highest BCUT2D eigenvalue weighted by atomic mass is 79.9. The van der Waals surface area contributed by atoms with E-state index in [-0.39, 0.29) is 0 Å². The number of nitrogens with zero attached hydrogens (tertiary/aromatic N) is 1. The second-order valence-corrected chi connectivity index (χ2v) is 6.05. The van der Waals surface area contributed by atoms with Crippen molar-refractivity contribution in [3.8, 4) is 0 Å². The second-order valence-electron chi connectivity index (χ2n) is 5.14. The maximum absolute atomic E-state index is 4.71. The first-order valence-electron chi connectivity index (χ1n) is 6.45. The van der Waals surface area contributed by atoms with Crippen molar-refractivity contribution in [3.63, 3.8) is 0 Å². The second kappa shape index (κ2) is 4.85. The molecule has 3 rings (SSSR count). The molecule has 2 aromatic rings. The zero-order valence-corrected chi connectivity index (χ0v) is 12.1. The van der Waals surface area contributed by atoms with E-state index in [1.165, 1.54) is 28.5 Å². The van der Waals surface area contributed by atoms with E-state index in [1.807, 2.05) is 0 Å². The highest BCUT2D eigenvalue weighted by molar-refractivity contribution is 9.10. The molecule has 0 saturated heterocycles. The Balaban J connectivity index is 2.02. The summed E-state index contributed by atoms with van der Waals surface area (Å²) in [7, 11) is 0. The summed E-state index contributed by atoms with van der Waals surface area (Å²) in [6, 6.07) is 13.1. The van der Waals surface area contributed by atoms with Crippen molar-refractivity contribution in [2.75, 3.05) is 6.54 Å². The normalized spacial score (nSPS) is 19.9. The number of hydrogen-bond donors (Lipinski definition) is 0. The van der Waals surface area contributed by atoms with Gasteiger partial charge in [0.15, 0.2) is 0 Å². The first kappa shape index (κ1) is 11.9. The maximum Gasteiger partial charge on any atom is 0.0420 e. The SMILES string of the molecule is C[C@H]1CCC(c2ccc3ccc(Br)cc3c2)=NC1. The Morgan fingerprint density at radius 2 is 1.94 bits per heavy atom. The van der Waals surface area contributed by atoms with Crippen LogP contribution in [0.25, 0.3) is 10.8 Å². The fourth-order valence-electron chi connectivity index (χ4n) is 2.45. The van der Waals surface area contributed by atoms with Crippen molar-refractivity contribution in [2.45, 2.75) is 19.8 Å². The number of halogens is 1. The number of fused-ring (bicyclic) bond motifs is 1. The van der Waals surface area contributed by atoms with Gasteiger partial charge in [0.25, 0.3) is 0 Å². The lowest BCUT2D eigenvalue weighted by Crippen LogP contribution is -2.14. The molecule has 0 spiro atoms. The van der Waals surface area contributed by atoms with Gasteiger partial charge in [0.1, 0.15) is 0 Å². The third kappa shape index (κ3) is 2.35. The molecule has 0 amide bonds. The van der Waals surface area contributed by atoms with Crippen LogP contribution in [0.15, 0.2) is 45.9 Å². The molecule has 0 fully saturated rings. The van der Waals surface area contributed by atoms with Crippen molar-refractivity contribution in [3.05, 3.63) is 46.4 Å². The van der Waals surface area contributed by atoms with Gasteiger partial charge in [0.05, 0.1) is 0 Å². The van der Waals surface area contributed by atoms with Crippen LogP contribution in [0.5, 0.6) is 0 Å². The van der Waals surface area contributed by atoms with E-state index in [2.05, 4.69) is 59.3 Å². The number of hydrogen-bond acceptors (Lipinski definition) is 1. The van der Waals surface area contributed by atoms with E-state index in [4.69, 9.17) is 4.99 Å². The van der Waals surface area contributed by atoms with Gasteiger partial charge in [-0.1, -0.05) is 41.1 Å². The summed E-state index contributed by atoms with van der Waals surface area (Å²) in [5.74, 6) is 0.739. The highest BCUT2D eigenvalue weighted by Crippen LogP contribution is 2.24. The van der Waals surface area contributed by atoms with E-state index < -0.39 is 0 Å². The molecule has 1 nitrogen and oxygen atoms in total. The highest BCUT2D eigenvalue weighted by Gasteiger charge is 2.13. The van der Waals surface area contributed by atoms with Crippen molar-refractivity contribution < 1.29 is 0 Å². The molecule has 0 aliphatic carbocycles. The van der Waals surface area contributed by atoms with Gasteiger partial charge in [0, 0.05) is 16.7 Å². The summed E-state index contributed by atoms with van der Waals surface area (Å²) in [5, 5.41) is 2.56. The Kier molecular flexibility index (Phi) is 3.21. The van der Waals surface area contributed by atoms with E-state index in [0.717, 1.165) is 23.4 Å². The molecule has 2 aromatic carbocycles. The Morgan fingerprint density at radius 3 is 2.72 bits per heavy atom. The Morgan fingerprint density at radius 1 is 1.11 bits per heavy atom. The first-order chi connectivity index (χ1) is 8.72. The maximum atomic E-state index is 4.71. The minimum absolute atomic E-state index is 0.739. The zero-order chi connectivity index (χ0) is 12.5. The molecule has 2 heteroatoms. The molecule has 0 bridgehead atoms. The van der Waals surface area contributed by atoms with Crippen molar-refractivity contribution in [1.29, 1.82) is 0 Å². The number of aliphatic imine (C=N–C) groups is 1. The number of benzene rings is 2. The van der Waals surface area contributed by atoms with Crippen LogP contribution in [0, 0.1) is 5.92 Å². The lowest BCUT2D eigenvalue weighted by atomic mass is 9.95. The smallest absolute Gasteiger partial charge is 0.0420 e. The molecular formula is C16H16BrN. The predicted molar refractivity (Wildman–Crippen MR) is 81.5 cm³/mol. The zero-order valence-electron chi connectivity index (χ0n) is 10.5. The van der Waals surface area contributed by atoms with Gasteiger partial charge in [-0.3, -0.25) is 4.99 Å². The molecule has 1 aliphatic heterocycles. The van der Waals surface area contributed by atoms with Crippen LogP contribution in [0.1, 0.15) is 25.3 Å². The summed E-state index contributed by atoms with van der Waals surface area (Å²) < 4.78 is 1.13. The molecule has 0 aromatic heterocycles. The summed E-state index contributed by atoms with van der Waals surface area (Å²) in [5.41, 5.74) is 2.56. The van der Waals surface area contributed by atoms with Crippen LogP contribution in [0.3, 0.4) is 0 Å². The van der Waals surface area contributed by atoms with Crippen LogP contribution in [-0.4, -0.2) is 12.3 Å². The summed E-state index contributed by atoms with van der Waals surface area (Å²) in [6.45, 7) is 3.25. The molecule has 0 saturated carbocycles. The van der Waals surface area contributed by atoms with Crippen LogP contribution < -0.4 is 0 Å². The standard InChI is InChI=1S/C16H16BrN/c1-11-2-7-16(18-10-11)13-4-3-12-5-6-15(17)9-14(12)8-13/h3-6,8-9,11H,2,7,10H2,1H3/t11-/m0/s1. The summed E-state index contributed by atoms with van der Waals surface area (Å²) in [6.07, 6.45) is 2.37. The summed E-state index contributed by atoms with van der Waals surface area (Å²) in [4.78, 5) is 4.71. The van der Waals surface area contributed by atoms with Gasteiger partial charge in [0.2, 0.25) is 0 Å². The van der Waals surface area contributed by atoms with Gasteiger partial charge in [-0.15, -0.1) is 0 Å². The predicted octanol–water partition coefficient (Wildman–Crippen LogP) is 4.82. The largest absolute Gasteiger partial charge is 0.289 e. The fourth-order valence-corrected chi connectivity index (χ4v) is 2.83. The van der Waals surface area contributed by atoms with Crippen LogP contribution in [-0.2, 0) is 0 Å². The third-order valence-corrected chi connectivity index (χ3v) is 4.10. The molecule has 1 atom stereocenters. The average Bonchev–Trinajstić information content (AvgIpc) is 2.38. The third-order valence-electron chi connectivity index (χ3n) is 3.60. The topological polar surface area (TPSA) is 12.4 Å². The molecular weight excluding hydrogens is 286 g/mol. The van der Waals surface area contributed by atoms with Gasteiger partial charge in [-0.2, -0.15) is 0 Å². The van der Waals surface area contributed by atoms with E-state index in [1.54, 1.807) is 0 Å². The molecule has 0 radical (unpaired) electrons. The van der Waals surface area contributed by atoms with Crippen molar-refractivity contribution in [2.24, 2.45) is 10.9 Å². The van der Waals surface area contributed by atoms with Crippen molar-refractivity contribution in [1.82, 2.24) is 0 Å². The first-order valence-corrected chi connectivity index (χ1v) is 7.25. The van der Waals surface area contributed by atoms with Crippen LogP contribution in [0.2, 0.25) is 0 Å². The molecule has 1 aliphatic rings. The van der Waals surface area contributed by atoms with E-state index in [0.29, 0.717) is 0 Å². The van der Waals surface area contributed by atoms with Crippen LogP contribution >= 0.6 is 15.9 Å². The minimum Gasteiger partial charge on any atom is -0.289 e. The lowest BCUT2D eigenvalue weighted by Gasteiger charge is -2.17. The Labute approximate surface area is 116 Å². The van der Waals surface area contributed by atoms with E-state index in [9.17, 15) is 0 Å². The van der Waals surface area contributed by atoms with Gasteiger partial charge in [-0.05, 0) is 53.3 Å². The molecule has 0 N–H and O–H groups in total. The molecule has 18 heavy (non-hydrogen) atoms. The van der Waals surface area contributed by atoms with Crippen LogP contribution in [0.4, 0.5) is 0 Å². The van der Waals surface area contributed by atoms with Crippen molar-refractivity contribution >= 4 is 32.4 Å². The lowest BCUT2D eigenvalue weighted by molar-refractivity contribution is 0.538. The number of rotatable bonds is 1. The molecule has 92 valence electrons.